The van der Waals surface area contributed by atoms with Gasteiger partial charge in [-0.25, -0.2) is 0 Å². The van der Waals surface area contributed by atoms with Crippen LogP contribution in [0.15, 0.2) is 54.6 Å². The van der Waals surface area contributed by atoms with Crippen LogP contribution in [-0.4, -0.2) is 47.8 Å². The Morgan fingerprint density at radius 3 is 2.59 bits per heavy atom. The van der Waals surface area contributed by atoms with Crippen LogP contribution in [0.5, 0.6) is 0 Å². The zero-order valence-electron chi connectivity index (χ0n) is 18.9. The van der Waals surface area contributed by atoms with Gasteiger partial charge in [-0.15, -0.1) is 11.3 Å². The number of benzene rings is 2. The molecule has 3 aromatic rings. The van der Waals surface area contributed by atoms with Gasteiger partial charge in [0.25, 0.3) is 11.8 Å². The molecule has 2 aromatic carbocycles. The predicted octanol–water partition coefficient (Wildman–Crippen LogP) is 5.18. The molecule has 2 heterocycles. The molecule has 4 rings (SSSR count). The fourth-order valence-electron chi connectivity index (χ4n) is 4.00. The fraction of sp³-hybridized carbons (Fsp3) is 0.269. The van der Waals surface area contributed by atoms with E-state index in [0.717, 1.165) is 37.2 Å². The van der Waals surface area contributed by atoms with E-state index < -0.39 is 0 Å². The standard InChI is InChI=1S/C26H25ClN4O2S/c1-18-15-23(29-25(32)21-5-2-3-6-22(21)27)34-24(18)26(33)31-12-4-11-30(13-14-31)17-20-9-7-19(16-28)8-10-20/h2-3,5-10,15H,4,11-14,17H2,1H3,(H,29,32). The average Bonchev–Trinajstić information content (AvgIpc) is 3.04. The minimum absolute atomic E-state index is 0.000894. The zero-order chi connectivity index (χ0) is 24.1. The molecule has 6 nitrogen and oxygen atoms in total. The number of carbonyl (C=O) groups excluding carboxylic acids is 2. The lowest BCUT2D eigenvalue weighted by Gasteiger charge is -2.22. The van der Waals surface area contributed by atoms with Gasteiger partial charge < -0.3 is 10.2 Å². The molecule has 8 heteroatoms. The summed E-state index contributed by atoms with van der Waals surface area (Å²) in [6.07, 6.45) is 0.891. The van der Waals surface area contributed by atoms with E-state index in [9.17, 15) is 9.59 Å². The maximum absolute atomic E-state index is 13.3. The van der Waals surface area contributed by atoms with Crippen molar-refractivity contribution in [2.75, 3.05) is 31.5 Å². The molecular formula is C26H25ClN4O2S. The summed E-state index contributed by atoms with van der Waals surface area (Å²) in [4.78, 5) is 30.8. The smallest absolute Gasteiger partial charge is 0.264 e. The Labute approximate surface area is 208 Å². The van der Waals surface area contributed by atoms with Crippen LogP contribution < -0.4 is 5.32 Å². The van der Waals surface area contributed by atoms with Crippen molar-refractivity contribution in [1.82, 2.24) is 9.80 Å². The first kappa shape index (κ1) is 24.0. The molecule has 1 aliphatic rings. The van der Waals surface area contributed by atoms with Crippen LogP contribution in [0.3, 0.4) is 0 Å². The highest BCUT2D eigenvalue weighted by molar-refractivity contribution is 7.18. The molecule has 0 saturated carbocycles. The zero-order valence-corrected chi connectivity index (χ0v) is 20.5. The maximum Gasteiger partial charge on any atom is 0.264 e. The summed E-state index contributed by atoms with van der Waals surface area (Å²) in [5.74, 6) is -0.292. The first-order valence-electron chi connectivity index (χ1n) is 11.1. The summed E-state index contributed by atoms with van der Waals surface area (Å²) in [7, 11) is 0. The lowest BCUT2D eigenvalue weighted by Crippen LogP contribution is -2.35. The maximum atomic E-state index is 13.3. The van der Waals surface area contributed by atoms with E-state index in [1.807, 2.05) is 42.2 Å². The van der Waals surface area contributed by atoms with Gasteiger partial charge in [-0.2, -0.15) is 5.26 Å². The lowest BCUT2D eigenvalue weighted by atomic mass is 10.1. The molecule has 1 saturated heterocycles. The third-order valence-corrected chi connectivity index (χ3v) is 7.30. The minimum atomic E-state index is -0.293. The van der Waals surface area contributed by atoms with Crippen LogP contribution >= 0.6 is 22.9 Å². The van der Waals surface area contributed by atoms with Gasteiger partial charge in [-0.1, -0.05) is 35.9 Å². The topological polar surface area (TPSA) is 76.4 Å². The number of hydrogen-bond donors (Lipinski definition) is 1. The van der Waals surface area contributed by atoms with Crippen LogP contribution in [0, 0.1) is 18.3 Å². The lowest BCUT2D eigenvalue weighted by molar-refractivity contribution is 0.0765. The SMILES string of the molecule is Cc1cc(NC(=O)c2ccccc2Cl)sc1C(=O)N1CCCN(Cc2ccc(C#N)cc2)CC1. The fourth-order valence-corrected chi connectivity index (χ4v) is 5.26. The van der Waals surface area contributed by atoms with Crippen molar-refractivity contribution >= 4 is 39.8 Å². The Bertz CT molecular complexity index is 1230. The molecule has 0 radical (unpaired) electrons. The number of rotatable bonds is 5. The Balaban J connectivity index is 1.38. The number of carbonyl (C=O) groups is 2. The highest BCUT2D eigenvalue weighted by atomic mass is 35.5. The summed E-state index contributed by atoms with van der Waals surface area (Å²) in [6, 6.07) is 18.5. The average molecular weight is 493 g/mol. The number of hydrogen-bond acceptors (Lipinski definition) is 5. The van der Waals surface area contributed by atoms with Gasteiger partial charge in [0.05, 0.1) is 32.1 Å². The van der Waals surface area contributed by atoms with Gasteiger partial charge in [0.1, 0.15) is 0 Å². The molecule has 0 atom stereocenters. The number of nitrogens with one attached hydrogen (secondary N) is 1. The number of aryl methyl sites for hydroxylation is 1. The van der Waals surface area contributed by atoms with Crippen LogP contribution in [-0.2, 0) is 6.54 Å². The van der Waals surface area contributed by atoms with E-state index >= 15 is 0 Å². The van der Waals surface area contributed by atoms with Crippen molar-refractivity contribution in [2.45, 2.75) is 19.9 Å². The molecule has 0 spiro atoms. The molecule has 1 aliphatic heterocycles. The number of anilines is 1. The first-order chi connectivity index (χ1) is 16.4. The largest absolute Gasteiger partial charge is 0.337 e. The van der Waals surface area contributed by atoms with E-state index in [1.54, 1.807) is 24.3 Å². The van der Waals surface area contributed by atoms with Crippen LogP contribution in [0.4, 0.5) is 5.00 Å². The Hall–Kier alpha value is -3.18. The van der Waals surface area contributed by atoms with E-state index in [1.165, 1.54) is 11.3 Å². The van der Waals surface area contributed by atoms with E-state index in [0.29, 0.717) is 39.1 Å². The molecule has 1 fully saturated rings. The Morgan fingerprint density at radius 1 is 1.09 bits per heavy atom. The van der Waals surface area contributed by atoms with E-state index in [-0.39, 0.29) is 11.8 Å². The monoisotopic (exact) mass is 492 g/mol. The first-order valence-corrected chi connectivity index (χ1v) is 12.3. The van der Waals surface area contributed by atoms with E-state index in [4.69, 9.17) is 16.9 Å². The van der Waals surface area contributed by atoms with Crippen LogP contribution in [0.1, 0.15) is 43.1 Å². The van der Waals surface area contributed by atoms with Gasteiger partial charge in [0, 0.05) is 32.7 Å². The Morgan fingerprint density at radius 2 is 1.85 bits per heavy atom. The van der Waals surface area contributed by atoms with Gasteiger partial charge in [0.2, 0.25) is 0 Å². The molecule has 1 aromatic heterocycles. The predicted molar refractivity (Wildman–Crippen MR) is 135 cm³/mol. The van der Waals surface area contributed by atoms with Gasteiger partial charge in [-0.3, -0.25) is 14.5 Å². The molecule has 1 N–H and O–H groups in total. The highest BCUT2D eigenvalue weighted by Crippen LogP contribution is 2.29. The highest BCUT2D eigenvalue weighted by Gasteiger charge is 2.24. The summed E-state index contributed by atoms with van der Waals surface area (Å²) in [6.45, 7) is 5.72. The normalized spacial score (nSPS) is 14.3. The van der Waals surface area contributed by atoms with Crippen molar-refractivity contribution in [2.24, 2.45) is 0 Å². The number of halogens is 1. The molecule has 0 unspecified atom stereocenters. The van der Waals surface area contributed by atoms with Crippen molar-refractivity contribution < 1.29 is 9.59 Å². The number of nitrogens with zero attached hydrogens (tertiary/aromatic N) is 3. The van der Waals surface area contributed by atoms with Crippen molar-refractivity contribution in [3.8, 4) is 6.07 Å². The van der Waals surface area contributed by atoms with E-state index in [2.05, 4.69) is 16.3 Å². The van der Waals surface area contributed by atoms with Gasteiger partial charge in [0.15, 0.2) is 0 Å². The van der Waals surface area contributed by atoms with Gasteiger partial charge in [-0.05, 0) is 54.8 Å². The van der Waals surface area contributed by atoms with Crippen molar-refractivity contribution in [3.63, 3.8) is 0 Å². The molecule has 174 valence electrons. The molecule has 0 aliphatic carbocycles. The second-order valence-corrected chi connectivity index (χ2v) is 9.75. The van der Waals surface area contributed by atoms with Crippen LogP contribution in [0.2, 0.25) is 5.02 Å². The van der Waals surface area contributed by atoms with Crippen molar-refractivity contribution in [3.05, 3.63) is 86.8 Å². The second kappa shape index (κ2) is 10.8. The number of thiophene rings is 1. The minimum Gasteiger partial charge on any atom is -0.337 e. The molecule has 34 heavy (non-hydrogen) atoms. The number of nitriles is 1. The quantitative estimate of drug-likeness (QED) is 0.532. The van der Waals surface area contributed by atoms with Crippen LogP contribution in [0.25, 0.3) is 0 Å². The Kier molecular flexibility index (Phi) is 7.63. The third kappa shape index (κ3) is 5.65. The third-order valence-electron chi connectivity index (χ3n) is 5.83. The number of amides is 2. The molecule has 0 bridgehead atoms. The second-order valence-electron chi connectivity index (χ2n) is 8.29. The summed E-state index contributed by atoms with van der Waals surface area (Å²) in [5, 5.41) is 12.9. The molecule has 2 amide bonds. The molecular weight excluding hydrogens is 468 g/mol. The summed E-state index contributed by atoms with van der Waals surface area (Å²) in [5.41, 5.74) is 3.07. The summed E-state index contributed by atoms with van der Waals surface area (Å²) < 4.78 is 0. The van der Waals surface area contributed by atoms with Crippen molar-refractivity contribution in [1.29, 1.82) is 5.26 Å². The summed E-state index contributed by atoms with van der Waals surface area (Å²) >= 11 is 7.43. The van der Waals surface area contributed by atoms with Gasteiger partial charge >= 0.3 is 0 Å².